The van der Waals surface area contributed by atoms with Gasteiger partial charge in [-0.25, -0.2) is 14.9 Å². The monoisotopic (exact) mass is 565 g/mol. The Morgan fingerprint density at radius 3 is 2.58 bits per heavy atom. The molecule has 40 heavy (non-hydrogen) atoms. The van der Waals surface area contributed by atoms with Crippen LogP contribution in [-0.4, -0.2) is 49.1 Å². The van der Waals surface area contributed by atoms with Crippen molar-refractivity contribution in [2.45, 2.75) is 78.3 Å². The summed E-state index contributed by atoms with van der Waals surface area (Å²) >= 11 is 1.72. The molecule has 4 aromatic rings. The lowest BCUT2D eigenvalue weighted by Crippen LogP contribution is -2.47. The number of hydrogen-bond acceptors (Lipinski definition) is 6. The van der Waals surface area contributed by atoms with Gasteiger partial charge < -0.3 is 15.2 Å². The number of carbonyl (C=O) groups is 2. The second-order valence-corrected chi connectivity index (χ2v) is 11.5. The van der Waals surface area contributed by atoms with Crippen LogP contribution in [-0.2, 0) is 17.6 Å². The van der Waals surface area contributed by atoms with E-state index in [1.54, 1.807) is 11.3 Å². The van der Waals surface area contributed by atoms with Crippen LogP contribution in [0.1, 0.15) is 86.3 Å². The molecule has 2 amide bonds. The Morgan fingerprint density at radius 1 is 1.12 bits per heavy atom. The number of aromatic amines is 2. The maximum Gasteiger partial charge on any atom is 0.340 e. The van der Waals surface area contributed by atoms with Crippen LogP contribution >= 0.6 is 11.3 Å². The van der Waals surface area contributed by atoms with E-state index in [0.29, 0.717) is 42.7 Å². The second-order valence-electron chi connectivity index (χ2n) is 10.5. The maximum atomic E-state index is 13.4. The number of thiophene rings is 1. The first-order chi connectivity index (χ1) is 19.3. The summed E-state index contributed by atoms with van der Waals surface area (Å²) in [7, 11) is 0. The van der Waals surface area contributed by atoms with Crippen LogP contribution in [0.2, 0.25) is 0 Å². The Morgan fingerprint density at radius 2 is 1.93 bits per heavy atom. The van der Waals surface area contributed by atoms with Crippen LogP contribution in [0.3, 0.4) is 0 Å². The zero-order valence-electron chi connectivity index (χ0n) is 23.6. The van der Waals surface area contributed by atoms with E-state index in [9.17, 15) is 14.4 Å². The third-order valence-electron chi connectivity index (χ3n) is 7.11. The molecule has 0 aliphatic heterocycles. The van der Waals surface area contributed by atoms with E-state index in [1.165, 1.54) is 4.88 Å². The summed E-state index contributed by atoms with van der Waals surface area (Å²) in [5.41, 5.74) is 1.88. The first-order valence-electron chi connectivity index (χ1n) is 14.0. The number of rotatable bonds is 14. The van der Waals surface area contributed by atoms with Crippen LogP contribution in [0.15, 0.2) is 40.5 Å². The molecular formula is C29H39N7O3S. The number of imidazole rings is 1. The fourth-order valence-electron chi connectivity index (χ4n) is 4.91. The minimum Gasteiger partial charge on any atom is -0.354 e. The van der Waals surface area contributed by atoms with Gasteiger partial charge >= 0.3 is 5.69 Å². The molecule has 3 aromatic heterocycles. The number of benzene rings is 1. The van der Waals surface area contributed by atoms with Crippen LogP contribution in [0.25, 0.3) is 11.0 Å². The number of amides is 2. The number of nitrogens with zero attached hydrogens (tertiary/aromatic N) is 3. The number of nitrogens with one attached hydrogen (secondary N) is 4. The van der Waals surface area contributed by atoms with Crippen molar-refractivity contribution in [2.75, 3.05) is 6.54 Å². The Hall–Kier alpha value is -3.73. The molecule has 1 unspecified atom stereocenters. The Bertz CT molecular complexity index is 1460. The molecule has 1 aromatic carbocycles. The molecule has 0 bridgehead atoms. The van der Waals surface area contributed by atoms with Gasteiger partial charge in [0.1, 0.15) is 17.7 Å². The zero-order chi connectivity index (χ0) is 28.6. The van der Waals surface area contributed by atoms with Crippen LogP contribution in [0, 0.1) is 5.92 Å². The molecule has 4 rings (SSSR count). The van der Waals surface area contributed by atoms with Gasteiger partial charge in [0.15, 0.2) is 0 Å². The molecule has 0 spiro atoms. The minimum atomic E-state index is -0.680. The zero-order valence-corrected chi connectivity index (χ0v) is 24.4. The Balaban J connectivity index is 1.52. The van der Waals surface area contributed by atoms with Crippen LogP contribution in [0.5, 0.6) is 0 Å². The number of H-pyrrole nitrogens is 2. The van der Waals surface area contributed by atoms with Crippen molar-refractivity contribution < 1.29 is 9.59 Å². The predicted molar refractivity (Wildman–Crippen MR) is 158 cm³/mol. The van der Waals surface area contributed by atoms with Gasteiger partial charge in [0, 0.05) is 35.9 Å². The normalized spacial score (nSPS) is 12.3. The average molecular weight is 566 g/mol. The number of aromatic nitrogens is 5. The van der Waals surface area contributed by atoms with Gasteiger partial charge in [0.2, 0.25) is 5.91 Å². The lowest BCUT2D eigenvalue weighted by atomic mass is 10.0. The fraction of sp³-hybridized carbons (Fsp3) is 0.483. The summed E-state index contributed by atoms with van der Waals surface area (Å²) in [6.07, 6.45) is 4.41. The smallest absolute Gasteiger partial charge is 0.340 e. The highest BCUT2D eigenvalue weighted by molar-refractivity contribution is 7.09. The molecule has 1 atom stereocenters. The summed E-state index contributed by atoms with van der Waals surface area (Å²) in [5, 5.41) is 14.1. The summed E-state index contributed by atoms with van der Waals surface area (Å²) in [4.78, 5) is 46.4. The van der Waals surface area contributed by atoms with Gasteiger partial charge in [0.05, 0.1) is 11.0 Å². The SMILES string of the molecule is CCC(CC)n1c(Cc2cccs2)nc2cc(C(=O)NC(CCC(C)C)C(=O)NCCc3n[nH]c(=O)[nH]3)ccc21. The molecule has 0 saturated heterocycles. The van der Waals surface area contributed by atoms with Gasteiger partial charge in [-0.2, -0.15) is 5.10 Å². The number of carbonyl (C=O) groups excluding carboxylic acids is 2. The van der Waals surface area contributed by atoms with Crippen molar-refractivity contribution >= 4 is 34.2 Å². The highest BCUT2D eigenvalue weighted by atomic mass is 32.1. The molecular weight excluding hydrogens is 526 g/mol. The summed E-state index contributed by atoms with van der Waals surface area (Å²) in [5.74, 6) is 1.28. The molecule has 0 fully saturated rings. The third kappa shape index (κ3) is 7.26. The van der Waals surface area contributed by atoms with Gasteiger partial charge in [-0.1, -0.05) is 33.8 Å². The maximum absolute atomic E-state index is 13.4. The van der Waals surface area contributed by atoms with Crippen molar-refractivity contribution in [1.82, 2.24) is 35.4 Å². The molecule has 11 heteroatoms. The predicted octanol–water partition coefficient (Wildman–Crippen LogP) is 4.35. The third-order valence-corrected chi connectivity index (χ3v) is 7.99. The highest BCUT2D eigenvalue weighted by Gasteiger charge is 2.23. The molecule has 214 valence electrons. The van der Waals surface area contributed by atoms with Crippen LogP contribution in [0.4, 0.5) is 0 Å². The molecule has 0 aliphatic carbocycles. The number of fused-ring (bicyclic) bond motifs is 1. The summed E-state index contributed by atoms with van der Waals surface area (Å²) < 4.78 is 2.32. The van der Waals surface area contributed by atoms with E-state index in [2.05, 4.69) is 75.6 Å². The number of hydrogen-bond donors (Lipinski definition) is 4. The molecule has 0 aliphatic rings. The van der Waals surface area contributed by atoms with Crippen molar-refractivity contribution in [3.63, 3.8) is 0 Å². The van der Waals surface area contributed by atoms with E-state index in [-0.39, 0.29) is 17.5 Å². The standard InChI is InChI=1S/C29H39N7O3S/c1-5-20(6-2)36-24-12-10-19(16-23(24)31-26(36)17-21-8-7-15-40-21)27(37)32-22(11-9-18(3)4)28(38)30-14-13-25-33-29(39)35-34-25/h7-8,10,12,15-16,18,20,22H,5-6,9,11,13-14,17H2,1-4H3,(H,30,38)(H,32,37)(H2,33,34,35,39). The van der Waals surface area contributed by atoms with Crippen molar-refractivity contribution in [3.8, 4) is 0 Å². The molecule has 4 N–H and O–H groups in total. The molecule has 3 heterocycles. The van der Waals surface area contributed by atoms with E-state index in [0.717, 1.165) is 42.5 Å². The van der Waals surface area contributed by atoms with Crippen LogP contribution < -0.4 is 16.3 Å². The fourth-order valence-corrected chi connectivity index (χ4v) is 5.61. The molecule has 0 radical (unpaired) electrons. The topological polar surface area (TPSA) is 138 Å². The van der Waals surface area contributed by atoms with Gasteiger partial charge in [-0.3, -0.25) is 14.6 Å². The molecule has 0 saturated carbocycles. The average Bonchev–Trinajstić information content (AvgIpc) is 3.68. The summed E-state index contributed by atoms with van der Waals surface area (Å²) in [6.45, 7) is 8.84. The molecule has 10 nitrogen and oxygen atoms in total. The van der Waals surface area contributed by atoms with Gasteiger partial charge in [0.25, 0.3) is 5.91 Å². The van der Waals surface area contributed by atoms with E-state index >= 15 is 0 Å². The highest BCUT2D eigenvalue weighted by Crippen LogP contribution is 2.28. The quantitative estimate of drug-likeness (QED) is 0.180. The minimum absolute atomic E-state index is 0.260. The first-order valence-corrected chi connectivity index (χ1v) is 14.9. The van der Waals surface area contributed by atoms with E-state index in [4.69, 9.17) is 4.98 Å². The second kappa shape index (κ2) is 13.6. The summed E-state index contributed by atoms with van der Waals surface area (Å²) in [6, 6.07) is 9.43. The van der Waals surface area contributed by atoms with Crippen molar-refractivity contribution in [1.29, 1.82) is 0 Å². The van der Waals surface area contributed by atoms with E-state index < -0.39 is 6.04 Å². The lowest BCUT2D eigenvalue weighted by molar-refractivity contribution is -0.123. The van der Waals surface area contributed by atoms with E-state index in [1.807, 2.05) is 18.2 Å². The first kappa shape index (κ1) is 29.3. The van der Waals surface area contributed by atoms with Gasteiger partial charge in [-0.15, -0.1) is 11.3 Å². The lowest BCUT2D eigenvalue weighted by Gasteiger charge is -2.20. The van der Waals surface area contributed by atoms with Crippen molar-refractivity contribution in [2.24, 2.45) is 5.92 Å². The van der Waals surface area contributed by atoms with Gasteiger partial charge in [-0.05, 0) is 61.2 Å². The Kier molecular flexibility index (Phi) is 9.92. The Labute approximate surface area is 238 Å². The van der Waals surface area contributed by atoms with Crippen molar-refractivity contribution in [3.05, 3.63) is 68.3 Å². The largest absolute Gasteiger partial charge is 0.354 e.